The molecule has 0 fully saturated rings. The topological polar surface area (TPSA) is 58.4 Å². The van der Waals surface area contributed by atoms with Gasteiger partial charge in [-0.25, -0.2) is 4.98 Å². The smallest absolute Gasteiger partial charge is 0.317 e. The lowest BCUT2D eigenvalue weighted by Gasteiger charge is -2.24. The molecule has 0 atom stereocenters. The molecule has 1 rings (SSSR count). The summed E-state index contributed by atoms with van der Waals surface area (Å²) < 4.78 is 2.03. The highest BCUT2D eigenvalue weighted by molar-refractivity contribution is 5.69. The van der Waals surface area contributed by atoms with E-state index in [4.69, 9.17) is 5.11 Å². The molecular weight excluding hydrogens is 206 g/mol. The van der Waals surface area contributed by atoms with Crippen LogP contribution in [-0.4, -0.2) is 38.1 Å². The van der Waals surface area contributed by atoms with Crippen molar-refractivity contribution in [2.24, 2.45) is 0 Å². The summed E-state index contributed by atoms with van der Waals surface area (Å²) >= 11 is 0. The zero-order valence-electron chi connectivity index (χ0n) is 10.1. The molecule has 5 heteroatoms. The van der Waals surface area contributed by atoms with E-state index in [-0.39, 0.29) is 12.6 Å². The maximum absolute atomic E-state index is 10.7. The summed E-state index contributed by atoms with van der Waals surface area (Å²) in [4.78, 5) is 16.7. The monoisotopic (exact) mass is 225 g/mol. The Labute approximate surface area is 95.7 Å². The van der Waals surface area contributed by atoms with E-state index in [0.717, 1.165) is 12.2 Å². The van der Waals surface area contributed by atoms with Crippen molar-refractivity contribution >= 4 is 5.97 Å². The van der Waals surface area contributed by atoms with Crippen LogP contribution in [0.4, 0.5) is 0 Å². The van der Waals surface area contributed by atoms with Crippen LogP contribution in [0.25, 0.3) is 0 Å². The van der Waals surface area contributed by atoms with Crippen molar-refractivity contribution in [3.05, 3.63) is 18.2 Å². The predicted molar refractivity (Wildman–Crippen MR) is 61.1 cm³/mol. The highest BCUT2D eigenvalue weighted by Gasteiger charge is 2.15. The van der Waals surface area contributed by atoms with E-state index in [1.807, 2.05) is 30.2 Å². The standard InChI is InChI=1S/C11H19N3O2/c1-4-13-8-12-5-10(13)6-14(9(2)3)7-11(15)16/h5,8-9H,4,6-7H2,1-3H3,(H,15,16). The molecule has 0 amide bonds. The molecule has 0 aromatic carbocycles. The van der Waals surface area contributed by atoms with Crippen molar-refractivity contribution in [2.45, 2.75) is 39.9 Å². The molecule has 0 saturated heterocycles. The van der Waals surface area contributed by atoms with E-state index < -0.39 is 5.97 Å². The van der Waals surface area contributed by atoms with Gasteiger partial charge in [-0.3, -0.25) is 9.69 Å². The number of nitrogens with zero attached hydrogens (tertiary/aromatic N) is 3. The highest BCUT2D eigenvalue weighted by Crippen LogP contribution is 2.07. The SMILES string of the molecule is CCn1cncc1CN(CC(=O)O)C(C)C. The first-order chi connectivity index (χ1) is 7.54. The number of aromatic nitrogens is 2. The molecule has 90 valence electrons. The van der Waals surface area contributed by atoms with E-state index in [9.17, 15) is 4.79 Å². The molecular formula is C11H19N3O2. The summed E-state index contributed by atoms with van der Waals surface area (Å²) in [5.41, 5.74) is 1.05. The number of carboxylic acid groups (broad SMARTS) is 1. The maximum Gasteiger partial charge on any atom is 0.317 e. The zero-order valence-corrected chi connectivity index (χ0v) is 10.1. The molecule has 0 spiro atoms. The van der Waals surface area contributed by atoms with E-state index in [2.05, 4.69) is 4.98 Å². The van der Waals surface area contributed by atoms with Gasteiger partial charge in [0.05, 0.1) is 18.6 Å². The number of imidazole rings is 1. The molecule has 16 heavy (non-hydrogen) atoms. The number of rotatable bonds is 6. The van der Waals surface area contributed by atoms with Crippen molar-refractivity contribution in [1.29, 1.82) is 0 Å². The summed E-state index contributed by atoms with van der Waals surface area (Å²) in [6.07, 6.45) is 3.56. The molecule has 5 nitrogen and oxygen atoms in total. The molecule has 0 unspecified atom stereocenters. The molecule has 0 aliphatic carbocycles. The van der Waals surface area contributed by atoms with Crippen LogP contribution in [0, 0.1) is 0 Å². The van der Waals surface area contributed by atoms with Crippen LogP contribution in [0.15, 0.2) is 12.5 Å². The van der Waals surface area contributed by atoms with E-state index in [1.165, 1.54) is 0 Å². The molecule has 1 aromatic rings. The second-order valence-corrected chi connectivity index (χ2v) is 4.06. The van der Waals surface area contributed by atoms with E-state index >= 15 is 0 Å². The highest BCUT2D eigenvalue weighted by atomic mass is 16.4. The second-order valence-electron chi connectivity index (χ2n) is 4.06. The summed E-state index contributed by atoms with van der Waals surface area (Å²) in [6.45, 7) is 7.58. The number of carboxylic acids is 1. The Morgan fingerprint density at radius 1 is 1.62 bits per heavy atom. The van der Waals surface area contributed by atoms with Crippen LogP contribution >= 0.6 is 0 Å². The third kappa shape index (κ3) is 3.34. The largest absolute Gasteiger partial charge is 0.480 e. The summed E-state index contributed by atoms with van der Waals surface area (Å²) in [6, 6.07) is 0.205. The van der Waals surface area contributed by atoms with E-state index in [0.29, 0.717) is 6.54 Å². The van der Waals surface area contributed by atoms with Crippen LogP contribution in [0.1, 0.15) is 26.5 Å². The van der Waals surface area contributed by atoms with Gasteiger partial charge in [0, 0.05) is 25.3 Å². The minimum atomic E-state index is -0.795. The molecule has 0 aliphatic rings. The summed E-state index contributed by atoms with van der Waals surface area (Å²) in [7, 11) is 0. The summed E-state index contributed by atoms with van der Waals surface area (Å²) in [5.74, 6) is -0.795. The van der Waals surface area contributed by atoms with Gasteiger partial charge in [0.2, 0.25) is 0 Å². The molecule has 1 aromatic heterocycles. The van der Waals surface area contributed by atoms with Gasteiger partial charge in [0.25, 0.3) is 0 Å². The predicted octanol–water partition coefficient (Wildman–Crippen LogP) is 1.20. The zero-order chi connectivity index (χ0) is 12.1. The summed E-state index contributed by atoms with van der Waals surface area (Å²) in [5, 5.41) is 8.82. The number of aliphatic carboxylic acids is 1. The van der Waals surface area contributed by atoms with Crippen LogP contribution in [0.5, 0.6) is 0 Å². The van der Waals surface area contributed by atoms with Gasteiger partial charge in [0.1, 0.15) is 0 Å². The van der Waals surface area contributed by atoms with Crippen molar-refractivity contribution in [3.8, 4) is 0 Å². The fraction of sp³-hybridized carbons (Fsp3) is 0.636. The van der Waals surface area contributed by atoms with Crippen LogP contribution < -0.4 is 0 Å². The normalized spacial score (nSPS) is 11.3. The quantitative estimate of drug-likeness (QED) is 0.790. The minimum absolute atomic E-state index is 0.0621. The Morgan fingerprint density at radius 2 is 2.31 bits per heavy atom. The van der Waals surface area contributed by atoms with Gasteiger partial charge in [-0.2, -0.15) is 0 Å². The van der Waals surface area contributed by atoms with Crippen molar-refractivity contribution in [3.63, 3.8) is 0 Å². The van der Waals surface area contributed by atoms with Gasteiger partial charge in [-0.1, -0.05) is 0 Å². The van der Waals surface area contributed by atoms with E-state index in [1.54, 1.807) is 12.5 Å². The molecule has 0 radical (unpaired) electrons. The fourth-order valence-electron chi connectivity index (χ4n) is 1.57. The van der Waals surface area contributed by atoms with Gasteiger partial charge in [-0.15, -0.1) is 0 Å². The number of hydrogen-bond donors (Lipinski definition) is 1. The molecule has 1 N–H and O–H groups in total. The van der Waals surface area contributed by atoms with Gasteiger partial charge in [-0.05, 0) is 20.8 Å². The van der Waals surface area contributed by atoms with Crippen LogP contribution in [0.2, 0.25) is 0 Å². The first kappa shape index (κ1) is 12.7. The Bertz CT molecular complexity index is 347. The number of carbonyl (C=O) groups is 1. The van der Waals surface area contributed by atoms with Crippen LogP contribution in [-0.2, 0) is 17.9 Å². The van der Waals surface area contributed by atoms with Crippen LogP contribution in [0.3, 0.4) is 0 Å². The Hall–Kier alpha value is -1.36. The Balaban J connectivity index is 2.71. The van der Waals surface area contributed by atoms with Gasteiger partial charge < -0.3 is 9.67 Å². The van der Waals surface area contributed by atoms with Gasteiger partial charge >= 0.3 is 5.97 Å². The van der Waals surface area contributed by atoms with Crippen molar-refractivity contribution in [2.75, 3.05) is 6.54 Å². The molecule has 0 bridgehead atoms. The molecule has 0 aliphatic heterocycles. The maximum atomic E-state index is 10.7. The van der Waals surface area contributed by atoms with Crippen molar-refractivity contribution in [1.82, 2.24) is 14.5 Å². The first-order valence-corrected chi connectivity index (χ1v) is 5.49. The molecule has 1 heterocycles. The minimum Gasteiger partial charge on any atom is -0.480 e. The molecule has 0 saturated carbocycles. The average Bonchev–Trinajstić information content (AvgIpc) is 2.63. The number of aryl methyl sites for hydroxylation is 1. The fourth-order valence-corrected chi connectivity index (χ4v) is 1.57. The Morgan fingerprint density at radius 3 is 2.81 bits per heavy atom. The number of hydrogen-bond acceptors (Lipinski definition) is 3. The average molecular weight is 225 g/mol. The van der Waals surface area contributed by atoms with Gasteiger partial charge in [0.15, 0.2) is 0 Å². The second kappa shape index (κ2) is 5.65. The third-order valence-electron chi connectivity index (χ3n) is 2.57. The Kier molecular flexibility index (Phi) is 4.49. The third-order valence-corrected chi connectivity index (χ3v) is 2.57. The lowest BCUT2D eigenvalue weighted by atomic mass is 10.3. The van der Waals surface area contributed by atoms with Crippen molar-refractivity contribution < 1.29 is 9.90 Å². The lowest BCUT2D eigenvalue weighted by molar-refractivity contribution is -0.139. The first-order valence-electron chi connectivity index (χ1n) is 5.49. The lowest BCUT2D eigenvalue weighted by Crippen LogP contribution is -2.35.